The average Bonchev–Trinajstić information content (AvgIpc) is 2.12. The van der Waals surface area contributed by atoms with E-state index in [1.54, 1.807) is 0 Å². The van der Waals surface area contributed by atoms with Crippen LogP contribution in [0.2, 0.25) is 0 Å². The molecule has 0 amide bonds. The molecule has 0 heterocycles. The highest BCUT2D eigenvalue weighted by Gasteiger charge is 1.94. The largest absolute Gasteiger partial charge is 0.375 e. The molecule has 0 bridgehead atoms. The molecule has 1 aromatic rings. The molecule has 1 rings (SSSR count). The Kier molecular flexibility index (Phi) is 4.63. The molecule has 0 atom stereocenters. The summed E-state index contributed by atoms with van der Waals surface area (Å²) < 4.78 is 5.54. The minimum Gasteiger partial charge on any atom is -0.375 e. The van der Waals surface area contributed by atoms with Gasteiger partial charge in [0.1, 0.15) is 0 Å². The summed E-state index contributed by atoms with van der Waals surface area (Å²) in [7, 11) is 4.10. The lowest BCUT2D eigenvalue weighted by molar-refractivity contribution is 0.105. The Hall–Kier alpha value is -0.860. The van der Waals surface area contributed by atoms with E-state index in [1.807, 2.05) is 0 Å². The van der Waals surface area contributed by atoms with Crippen molar-refractivity contribution in [3.8, 4) is 0 Å². The molecule has 0 aliphatic carbocycles. The van der Waals surface area contributed by atoms with E-state index in [2.05, 4.69) is 50.2 Å². The van der Waals surface area contributed by atoms with Crippen molar-refractivity contribution in [3.63, 3.8) is 0 Å². The van der Waals surface area contributed by atoms with Crippen molar-refractivity contribution in [2.24, 2.45) is 0 Å². The van der Waals surface area contributed by atoms with Gasteiger partial charge in [-0.15, -0.1) is 0 Å². The predicted octanol–water partition coefficient (Wildman–Crippen LogP) is 2.07. The Morgan fingerprint density at radius 3 is 2.71 bits per heavy atom. The number of aryl methyl sites for hydroxylation is 1. The van der Waals surface area contributed by atoms with Crippen LogP contribution in [-0.4, -0.2) is 32.1 Å². The Labute approximate surface area is 86.5 Å². The van der Waals surface area contributed by atoms with E-state index in [0.29, 0.717) is 0 Å². The van der Waals surface area contributed by atoms with Gasteiger partial charge in [-0.25, -0.2) is 0 Å². The van der Waals surface area contributed by atoms with Crippen molar-refractivity contribution in [1.82, 2.24) is 4.90 Å². The van der Waals surface area contributed by atoms with Crippen LogP contribution in [0.25, 0.3) is 0 Å². The fraction of sp³-hybridized carbons (Fsp3) is 0.500. The van der Waals surface area contributed by atoms with Crippen molar-refractivity contribution >= 4 is 0 Å². The Morgan fingerprint density at radius 2 is 2.07 bits per heavy atom. The van der Waals surface area contributed by atoms with Gasteiger partial charge >= 0.3 is 0 Å². The molecular formula is C12H19NO. The third kappa shape index (κ3) is 4.40. The third-order valence-electron chi connectivity index (χ3n) is 2.03. The molecule has 1 aromatic carbocycles. The van der Waals surface area contributed by atoms with Gasteiger partial charge in [0.25, 0.3) is 0 Å². The first-order valence-corrected chi connectivity index (χ1v) is 4.96. The van der Waals surface area contributed by atoms with Gasteiger partial charge in [0, 0.05) is 6.54 Å². The van der Waals surface area contributed by atoms with E-state index in [-0.39, 0.29) is 0 Å². The van der Waals surface area contributed by atoms with Crippen molar-refractivity contribution in [2.45, 2.75) is 13.5 Å². The molecule has 2 heteroatoms. The summed E-state index contributed by atoms with van der Waals surface area (Å²) >= 11 is 0. The van der Waals surface area contributed by atoms with Gasteiger partial charge in [0.05, 0.1) is 13.2 Å². The molecule has 2 nitrogen and oxygen atoms in total. The van der Waals surface area contributed by atoms with E-state index < -0.39 is 0 Å². The van der Waals surface area contributed by atoms with Gasteiger partial charge in [-0.1, -0.05) is 29.8 Å². The fourth-order valence-corrected chi connectivity index (χ4v) is 1.24. The topological polar surface area (TPSA) is 12.5 Å². The lowest BCUT2D eigenvalue weighted by atomic mass is 10.1. The van der Waals surface area contributed by atoms with Gasteiger partial charge in [0.2, 0.25) is 0 Å². The molecule has 0 aromatic heterocycles. The lowest BCUT2D eigenvalue weighted by Gasteiger charge is -2.09. The minimum absolute atomic E-state index is 0.718. The molecule has 0 aliphatic rings. The molecule has 0 saturated carbocycles. The Balaban J connectivity index is 2.25. The summed E-state index contributed by atoms with van der Waals surface area (Å²) in [5.74, 6) is 0. The van der Waals surface area contributed by atoms with Crippen LogP contribution in [0.3, 0.4) is 0 Å². The third-order valence-corrected chi connectivity index (χ3v) is 2.03. The Morgan fingerprint density at radius 1 is 1.29 bits per heavy atom. The summed E-state index contributed by atoms with van der Waals surface area (Å²) in [4.78, 5) is 2.12. The molecule has 78 valence electrons. The van der Waals surface area contributed by atoms with Crippen LogP contribution >= 0.6 is 0 Å². The standard InChI is InChI=1S/C12H19NO/c1-11-5-4-6-12(9-11)10-14-8-7-13(2)3/h4-6,9H,7-8,10H2,1-3H3. The molecule has 0 unspecified atom stereocenters. The zero-order chi connectivity index (χ0) is 10.4. The van der Waals surface area contributed by atoms with Gasteiger partial charge in [0.15, 0.2) is 0 Å². The van der Waals surface area contributed by atoms with Crippen molar-refractivity contribution < 1.29 is 4.74 Å². The average molecular weight is 193 g/mol. The Bertz CT molecular complexity index is 271. The van der Waals surface area contributed by atoms with E-state index >= 15 is 0 Å². The fourth-order valence-electron chi connectivity index (χ4n) is 1.24. The molecule has 0 spiro atoms. The maximum atomic E-state index is 5.54. The quantitative estimate of drug-likeness (QED) is 0.664. The molecule has 0 saturated heterocycles. The molecular weight excluding hydrogens is 174 g/mol. The van der Waals surface area contributed by atoms with E-state index in [0.717, 1.165) is 19.8 Å². The van der Waals surface area contributed by atoms with Crippen LogP contribution in [0.4, 0.5) is 0 Å². The first kappa shape index (κ1) is 11.2. The van der Waals surface area contributed by atoms with Crippen molar-refractivity contribution in [3.05, 3.63) is 35.4 Å². The zero-order valence-corrected chi connectivity index (χ0v) is 9.29. The van der Waals surface area contributed by atoms with Crippen LogP contribution in [0.5, 0.6) is 0 Å². The SMILES string of the molecule is Cc1cccc(COCCN(C)C)c1. The molecule has 0 N–H and O–H groups in total. The molecule has 0 radical (unpaired) electrons. The van der Waals surface area contributed by atoms with Gasteiger partial charge in [-0.3, -0.25) is 0 Å². The predicted molar refractivity (Wildman–Crippen MR) is 59.4 cm³/mol. The maximum absolute atomic E-state index is 5.54. The van der Waals surface area contributed by atoms with E-state index in [9.17, 15) is 0 Å². The summed E-state index contributed by atoms with van der Waals surface area (Å²) in [6.07, 6.45) is 0. The number of hydrogen-bond acceptors (Lipinski definition) is 2. The highest BCUT2D eigenvalue weighted by molar-refractivity contribution is 5.21. The van der Waals surface area contributed by atoms with Gasteiger partial charge in [-0.2, -0.15) is 0 Å². The number of ether oxygens (including phenoxy) is 1. The number of likely N-dealkylation sites (N-methyl/N-ethyl adjacent to an activating group) is 1. The van der Waals surface area contributed by atoms with E-state index in [1.165, 1.54) is 11.1 Å². The van der Waals surface area contributed by atoms with Crippen LogP contribution in [-0.2, 0) is 11.3 Å². The maximum Gasteiger partial charge on any atom is 0.0717 e. The van der Waals surface area contributed by atoms with Gasteiger partial charge < -0.3 is 9.64 Å². The highest BCUT2D eigenvalue weighted by Crippen LogP contribution is 2.04. The number of benzene rings is 1. The van der Waals surface area contributed by atoms with E-state index in [4.69, 9.17) is 4.74 Å². The number of rotatable bonds is 5. The second-order valence-corrected chi connectivity index (χ2v) is 3.84. The zero-order valence-electron chi connectivity index (χ0n) is 9.29. The van der Waals surface area contributed by atoms with Crippen molar-refractivity contribution in [2.75, 3.05) is 27.2 Å². The highest BCUT2D eigenvalue weighted by atomic mass is 16.5. The normalized spacial score (nSPS) is 10.9. The van der Waals surface area contributed by atoms with Crippen LogP contribution in [0.15, 0.2) is 24.3 Å². The minimum atomic E-state index is 0.718. The first-order valence-electron chi connectivity index (χ1n) is 4.96. The second kappa shape index (κ2) is 5.78. The summed E-state index contributed by atoms with van der Waals surface area (Å²) in [6, 6.07) is 8.43. The second-order valence-electron chi connectivity index (χ2n) is 3.84. The summed E-state index contributed by atoms with van der Waals surface area (Å²) in [5.41, 5.74) is 2.54. The monoisotopic (exact) mass is 193 g/mol. The molecule has 0 fully saturated rings. The summed E-state index contributed by atoms with van der Waals surface area (Å²) in [5, 5.41) is 0. The van der Waals surface area contributed by atoms with Crippen LogP contribution in [0, 0.1) is 6.92 Å². The van der Waals surface area contributed by atoms with Crippen LogP contribution < -0.4 is 0 Å². The summed E-state index contributed by atoms with van der Waals surface area (Å²) in [6.45, 7) is 4.59. The number of hydrogen-bond donors (Lipinski definition) is 0. The molecule has 0 aliphatic heterocycles. The number of nitrogens with zero attached hydrogens (tertiary/aromatic N) is 1. The first-order chi connectivity index (χ1) is 6.68. The smallest absolute Gasteiger partial charge is 0.0717 e. The lowest BCUT2D eigenvalue weighted by Crippen LogP contribution is -2.17. The van der Waals surface area contributed by atoms with Crippen molar-refractivity contribution in [1.29, 1.82) is 0 Å². The van der Waals surface area contributed by atoms with Gasteiger partial charge in [-0.05, 0) is 26.6 Å². The molecule has 14 heavy (non-hydrogen) atoms. The van der Waals surface area contributed by atoms with Crippen LogP contribution in [0.1, 0.15) is 11.1 Å².